The van der Waals surface area contributed by atoms with E-state index in [2.05, 4.69) is 15.4 Å². The van der Waals surface area contributed by atoms with Gasteiger partial charge in [-0.3, -0.25) is 18.9 Å². The van der Waals surface area contributed by atoms with Crippen molar-refractivity contribution in [2.75, 3.05) is 26.3 Å². The number of thiazole rings is 1. The Hall–Kier alpha value is -2.33. The van der Waals surface area contributed by atoms with E-state index in [0.717, 1.165) is 29.7 Å². The van der Waals surface area contributed by atoms with Gasteiger partial charge in [-0.05, 0) is 25.5 Å². The van der Waals surface area contributed by atoms with Crippen LogP contribution < -0.4 is 10.9 Å². The zero-order chi connectivity index (χ0) is 20.5. The van der Waals surface area contributed by atoms with Crippen LogP contribution in [0.25, 0.3) is 15.9 Å². The van der Waals surface area contributed by atoms with Gasteiger partial charge >= 0.3 is 0 Å². The molecule has 156 valence electrons. The van der Waals surface area contributed by atoms with E-state index in [1.165, 1.54) is 16.0 Å². The summed E-state index contributed by atoms with van der Waals surface area (Å²) in [4.78, 5) is 32.0. The van der Waals surface area contributed by atoms with E-state index in [0.29, 0.717) is 24.4 Å². The van der Waals surface area contributed by atoms with Crippen LogP contribution in [-0.2, 0) is 11.3 Å². The highest BCUT2D eigenvalue weighted by atomic mass is 32.1. The molecule has 0 bridgehead atoms. The summed E-state index contributed by atoms with van der Waals surface area (Å²) in [6.45, 7) is 5.34. The van der Waals surface area contributed by atoms with Crippen LogP contribution in [0, 0.1) is 0 Å². The molecule has 29 heavy (non-hydrogen) atoms. The Balaban J connectivity index is 1.58. The number of halogens is 1. The monoisotopic (exact) mass is 420 g/mol. The molecule has 0 saturated carbocycles. The Labute approximate surface area is 171 Å². The molecule has 1 amide bonds. The molecule has 4 heterocycles. The lowest BCUT2D eigenvalue weighted by molar-refractivity contribution is -0.123. The van der Waals surface area contributed by atoms with Gasteiger partial charge in [0.05, 0.1) is 10.2 Å². The van der Waals surface area contributed by atoms with Crippen LogP contribution in [-0.4, -0.2) is 62.3 Å². The number of likely N-dealkylation sites (tertiary alicyclic amines) is 1. The average Bonchev–Trinajstić information content (AvgIpc) is 3.26. The molecule has 10 heteroatoms. The van der Waals surface area contributed by atoms with Gasteiger partial charge in [-0.2, -0.15) is 5.10 Å². The van der Waals surface area contributed by atoms with Gasteiger partial charge in [0, 0.05) is 25.0 Å². The third kappa shape index (κ3) is 3.91. The first-order valence-electron chi connectivity index (χ1n) is 9.91. The zero-order valence-electron chi connectivity index (χ0n) is 16.6. The van der Waals surface area contributed by atoms with Gasteiger partial charge < -0.3 is 5.32 Å². The molecule has 0 aromatic carbocycles. The first kappa shape index (κ1) is 20.0. The lowest BCUT2D eigenvalue weighted by Gasteiger charge is -2.32. The number of nitrogens with zero attached hydrogens (tertiary/aromatic N) is 5. The number of rotatable bonds is 6. The molecule has 0 spiro atoms. The van der Waals surface area contributed by atoms with E-state index in [1.807, 2.05) is 24.8 Å². The van der Waals surface area contributed by atoms with Crippen molar-refractivity contribution in [2.24, 2.45) is 0 Å². The van der Waals surface area contributed by atoms with Crippen LogP contribution in [0.5, 0.6) is 0 Å². The molecule has 0 radical (unpaired) electrons. The second-order valence-electron chi connectivity index (χ2n) is 7.78. The second-order valence-corrected chi connectivity index (χ2v) is 8.66. The smallest absolute Gasteiger partial charge is 0.291 e. The van der Waals surface area contributed by atoms with Gasteiger partial charge in [0.15, 0.2) is 5.65 Å². The van der Waals surface area contributed by atoms with Crippen LogP contribution >= 0.6 is 11.3 Å². The maximum Gasteiger partial charge on any atom is 0.291 e. The van der Waals surface area contributed by atoms with Gasteiger partial charge in [0.25, 0.3) is 5.56 Å². The van der Waals surface area contributed by atoms with Gasteiger partial charge in [-0.25, -0.2) is 14.1 Å². The number of hydrogen-bond donors (Lipinski definition) is 1. The fourth-order valence-electron chi connectivity index (χ4n) is 3.94. The summed E-state index contributed by atoms with van der Waals surface area (Å²) in [5.41, 5.74) is 2.65. The number of alkyl halides is 1. The maximum atomic E-state index is 13.0. The minimum Gasteiger partial charge on any atom is -0.350 e. The number of aromatic nitrogens is 4. The summed E-state index contributed by atoms with van der Waals surface area (Å²) in [6.07, 6.45) is 1.77. The molecule has 1 fully saturated rings. The molecule has 1 unspecified atom stereocenters. The SMILES string of the molecule is CC(C)c1nn(CC(=O)NC2CCCN(CCF)C2)c(=O)c2cc3scnc3n12. The van der Waals surface area contributed by atoms with Crippen LogP contribution in [0.15, 0.2) is 16.4 Å². The molecule has 3 aromatic heterocycles. The lowest BCUT2D eigenvalue weighted by atomic mass is 10.1. The molecule has 3 aromatic rings. The first-order valence-corrected chi connectivity index (χ1v) is 10.8. The molecule has 4 rings (SSSR count). The van der Waals surface area contributed by atoms with Crippen molar-refractivity contribution >= 4 is 33.1 Å². The minimum atomic E-state index is -0.387. The van der Waals surface area contributed by atoms with E-state index >= 15 is 0 Å². The average molecular weight is 421 g/mol. The predicted molar refractivity (Wildman–Crippen MR) is 110 cm³/mol. The number of piperidine rings is 1. The highest BCUT2D eigenvalue weighted by molar-refractivity contribution is 7.16. The summed E-state index contributed by atoms with van der Waals surface area (Å²) >= 11 is 1.47. The zero-order valence-corrected chi connectivity index (χ0v) is 17.4. The maximum absolute atomic E-state index is 13.0. The van der Waals surface area contributed by atoms with Crippen molar-refractivity contribution in [3.8, 4) is 0 Å². The van der Waals surface area contributed by atoms with Crippen LogP contribution in [0.3, 0.4) is 0 Å². The van der Waals surface area contributed by atoms with Gasteiger partial charge in [-0.1, -0.05) is 13.8 Å². The van der Waals surface area contributed by atoms with E-state index in [9.17, 15) is 14.0 Å². The van der Waals surface area contributed by atoms with Crippen LogP contribution in [0.2, 0.25) is 0 Å². The number of amides is 1. The highest BCUT2D eigenvalue weighted by Crippen LogP contribution is 2.24. The van der Waals surface area contributed by atoms with E-state index in [4.69, 9.17) is 0 Å². The summed E-state index contributed by atoms with van der Waals surface area (Å²) in [6, 6.07) is 1.78. The molecule has 1 aliphatic rings. The van der Waals surface area contributed by atoms with Gasteiger partial charge in [0.2, 0.25) is 5.91 Å². The Kier molecular flexibility index (Phi) is 5.64. The fraction of sp³-hybridized carbons (Fsp3) is 0.579. The summed E-state index contributed by atoms with van der Waals surface area (Å²) < 4.78 is 16.6. The fourth-order valence-corrected chi connectivity index (χ4v) is 4.64. The third-order valence-corrected chi connectivity index (χ3v) is 6.05. The van der Waals surface area contributed by atoms with Crippen molar-refractivity contribution in [1.29, 1.82) is 0 Å². The normalized spacial score (nSPS) is 18.1. The first-order chi connectivity index (χ1) is 14.0. The van der Waals surface area contributed by atoms with Crippen molar-refractivity contribution < 1.29 is 9.18 Å². The Morgan fingerprint density at radius 3 is 3.03 bits per heavy atom. The highest BCUT2D eigenvalue weighted by Gasteiger charge is 2.23. The number of hydrogen-bond acceptors (Lipinski definition) is 6. The molecular formula is C19H25FN6O2S. The second kappa shape index (κ2) is 8.19. The number of nitrogens with one attached hydrogen (secondary N) is 1. The molecule has 0 aliphatic carbocycles. The van der Waals surface area contributed by atoms with E-state index in [-0.39, 0.29) is 36.6 Å². The standard InChI is InChI=1S/C19H25FN6O2S/c1-12(2)17-23-25(19(28)14-8-15-18(26(14)17)21-11-29-15)10-16(27)22-13-4-3-6-24(9-13)7-5-20/h8,11-13H,3-7,9-10H2,1-2H3,(H,22,27). The van der Waals surface area contributed by atoms with Gasteiger partial charge in [-0.15, -0.1) is 11.3 Å². The Morgan fingerprint density at radius 1 is 1.45 bits per heavy atom. The Morgan fingerprint density at radius 2 is 2.28 bits per heavy atom. The number of carbonyl (C=O) groups is 1. The van der Waals surface area contributed by atoms with Crippen LogP contribution in [0.1, 0.15) is 38.4 Å². The van der Waals surface area contributed by atoms with Crippen molar-refractivity contribution in [2.45, 2.75) is 45.2 Å². The van der Waals surface area contributed by atoms with Crippen molar-refractivity contribution in [1.82, 2.24) is 29.4 Å². The van der Waals surface area contributed by atoms with E-state index < -0.39 is 0 Å². The van der Waals surface area contributed by atoms with Gasteiger partial charge in [0.1, 0.15) is 24.6 Å². The molecular weight excluding hydrogens is 395 g/mol. The van der Waals surface area contributed by atoms with E-state index in [1.54, 1.807) is 9.91 Å². The summed E-state index contributed by atoms with van der Waals surface area (Å²) in [5.74, 6) is 0.495. The van der Waals surface area contributed by atoms with Crippen LogP contribution in [0.4, 0.5) is 4.39 Å². The lowest BCUT2D eigenvalue weighted by Crippen LogP contribution is -2.49. The Bertz CT molecular complexity index is 1090. The molecule has 8 nitrogen and oxygen atoms in total. The largest absolute Gasteiger partial charge is 0.350 e. The topological polar surface area (TPSA) is 84.5 Å². The summed E-state index contributed by atoms with van der Waals surface area (Å²) in [7, 11) is 0. The van der Waals surface area contributed by atoms with Crippen molar-refractivity contribution in [3.05, 3.63) is 27.8 Å². The predicted octanol–water partition coefficient (Wildman–Crippen LogP) is 1.78. The molecule has 1 atom stereocenters. The quantitative estimate of drug-likeness (QED) is 0.657. The molecule has 1 saturated heterocycles. The minimum absolute atomic E-state index is 0.0327. The number of carbonyl (C=O) groups excluding carboxylic acids is 1. The molecule has 1 N–H and O–H groups in total. The molecule has 1 aliphatic heterocycles. The number of fused-ring (bicyclic) bond motifs is 3. The third-order valence-electron chi connectivity index (χ3n) is 5.28. The van der Waals surface area contributed by atoms with Crippen molar-refractivity contribution in [3.63, 3.8) is 0 Å². The summed E-state index contributed by atoms with van der Waals surface area (Å²) in [5, 5.41) is 7.47.